The summed E-state index contributed by atoms with van der Waals surface area (Å²) in [6.07, 6.45) is 0. The SMILES string of the molecule is CCN(c1ccccc1)c1cc(C(=O)O)cc(S(N)(=O)=O)c1Sc1ccccc1. The fourth-order valence-electron chi connectivity index (χ4n) is 2.93. The summed E-state index contributed by atoms with van der Waals surface area (Å²) in [6, 6.07) is 21.2. The summed E-state index contributed by atoms with van der Waals surface area (Å²) < 4.78 is 24.7. The first-order valence-electron chi connectivity index (χ1n) is 8.81. The van der Waals surface area contributed by atoms with Gasteiger partial charge in [-0.3, -0.25) is 0 Å². The molecule has 0 fully saturated rings. The second-order valence-corrected chi connectivity index (χ2v) is 8.78. The Labute approximate surface area is 174 Å². The van der Waals surface area contributed by atoms with Crippen LogP contribution in [0.25, 0.3) is 0 Å². The number of anilines is 2. The number of rotatable bonds is 7. The Morgan fingerprint density at radius 1 is 1.03 bits per heavy atom. The van der Waals surface area contributed by atoms with Gasteiger partial charge in [0, 0.05) is 17.1 Å². The van der Waals surface area contributed by atoms with E-state index in [0.29, 0.717) is 17.1 Å². The molecule has 0 unspecified atom stereocenters. The van der Waals surface area contributed by atoms with Crippen molar-refractivity contribution in [1.29, 1.82) is 0 Å². The van der Waals surface area contributed by atoms with Crippen LogP contribution < -0.4 is 10.0 Å². The number of sulfonamides is 1. The monoisotopic (exact) mass is 428 g/mol. The van der Waals surface area contributed by atoms with Crippen LogP contribution in [0.5, 0.6) is 0 Å². The van der Waals surface area contributed by atoms with Gasteiger partial charge in [0.05, 0.1) is 21.0 Å². The van der Waals surface area contributed by atoms with Gasteiger partial charge in [0.25, 0.3) is 0 Å². The molecule has 6 nitrogen and oxygen atoms in total. The van der Waals surface area contributed by atoms with Crippen molar-refractivity contribution in [2.24, 2.45) is 5.14 Å². The number of primary sulfonamides is 1. The zero-order valence-corrected chi connectivity index (χ0v) is 17.3. The van der Waals surface area contributed by atoms with Gasteiger partial charge in [0.2, 0.25) is 10.0 Å². The molecule has 0 aliphatic carbocycles. The van der Waals surface area contributed by atoms with E-state index in [0.717, 1.165) is 16.6 Å². The highest BCUT2D eigenvalue weighted by atomic mass is 32.2. The fourth-order valence-corrected chi connectivity index (χ4v) is 5.02. The van der Waals surface area contributed by atoms with Crippen molar-refractivity contribution in [3.63, 3.8) is 0 Å². The predicted octanol–water partition coefficient (Wildman–Crippen LogP) is 4.34. The molecule has 0 atom stereocenters. The molecule has 3 aromatic carbocycles. The third-order valence-corrected chi connectivity index (χ3v) is 6.43. The molecule has 29 heavy (non-hydrogen) atoms. The van der Waals surface area contributed by atoms with Crippen molar-refractivity contribution < 1.29 is 18.3 Å². The van der Waals surface area contributed by atoms with Gasteiger partial charge in [-0.2, -0.15) is 0 Å². The number of carboxylic acids is 1. The van der Waals surface area contributed by atoms with Gasteiger partial charge in [-0.15, -0.1) is 0 Å². The van der Waals surface area contributed by atoms with Crippen LogP contribution in [0.2, 0.25) is 0 Å². The first-order chi connectivity index (χ1) is 13.8. The lowest BCUT2D eigenvalue weighted by Crippen LogP contribution is -2.21. The summed E-state index contributed by atoms with van der Waals surface area (Å²) in [7, 11) is -4.17. The summed E-state index contributed by atoms with van der Waals surface area (Å²) in [4.78, 5) is 14.5. The van der Waals surface area contributed by atoms with E-state index in [-0.39, 0.29) is 10.5 Å². The zero-order valence-electron chi connectivity index (χ0n) is 15.6. The van der Waals surface area contributed by atoms with E-state index in [1.54, 1.807) is 0 Å². The smallest absolute Gasteiger partial charge is 0.335 e. The van der Waals surface area contributed by atoms with Gasteiger partial charge in [-0.05, 0) is 43.3 Å². The summed E-state index contributed by atoms with van der Waals surface area (Å²) in [5, 5.41) is 15.0. The molecule has 0 heterocycles. The van der Waals surface area contributed by atoms with E-state index in [4.69, 9.17) is 5.14 Å². The molecule has 3 N–H and O–H groups in total. The highest BCUT2D eigenvalue weighted by Crippen LogP contribution is 2.42. The third kappa shape index (κ3) is 4.79. The average molecular weight is 429 g/mol. The molecule has 3 rings (SSSR count). The van der Waals surface area contributed by atoms with Gasteiger partial charge >= 0.3 is 5.97 Å². The van der Waals surface area contributed by atoms with Crippen LogP contribution in [-0.2, 0) is 10.0 Å². The lowest BCUT2D eigenvalue weighted by molar-refractivity contribution is 0.0696. The molecule has 0 aliphatic rings. The molecule has 0 aliphatic heterocycles. The highest BCUT2D eigenvalue weighted by molar-refractivity contribution is 8.00. The Morgan fingerprint density at radius 2 is 1.62 bits per heavy atom. The van der Waals surface area contributed by atoms with Gasteiger partial charge in [0.1, 0.15) is 0 Å². The van der Waals surface area contributed by atoms with Crippen molar-refractivity contribution in [2.75, 3.05) is 11.4 Å². The molecule has 0 radical (unpaired) electrons. The minimum absolute atomic E-state index is 0.143. The fraction of sp³-hybridized carbons (Fsp3) is 0.0952. The normalized spacial score (nSPS) is 11.2. The van der Waals surface area contributed by atoms with Gasteiger partial charge in [0.15, 0.2) is 0 Å². The Balaban J connectivity index is 2.31. The standard InChI is InChI=1S/C21H20N2O4S2/c1-2-23(16-9-5-3-6-10-16)18-13-15(21(24)25)14-19(29(22,26)27)20(18)28-17-11-7-4-8-12-17/h3-14H,2H2,1H3,(H,24,25)(H2,22,26,27). The Bertz CT molecular complexity index is 1120. The molecule has 0 aromatic heterocycles. The van der Waals surface area contributed by atoms with E-state index >= 15 is 0 Å². The number of aromatic carboxylic acids is 1. The number of hydrogen-bond donors (Lipinski definition) is 2. The molecule has 3 aromatic rings. The van der Waals surface area contributed by atoms with Crippen molar-refractivity contribution in [2.45, 2.75) is 21.6 Å². The average Bonchev–Trinajstić information content (AvgIpc) is 2.70. The van der Waals surface area contributed by atoms with Gasteiger partial charge in [-0.1, -0.05) is 48.2 Å². The van der Waals surface area contributed by atoms with Crippen LogP contribution in [0, 0.1) is 0 Å². The highest BCUT2D eigenvalue weighted by Gasteiger charge is 2.25. The summed E-state index contributed by atoms with van der Waals surface area (Å²) in [5.74, 6) is -1.23. The number of benzene rings is 3. The van der Waals surface area contributed by atoms with Crippen molar-refractivity contribution in [1.82, 2.24) is 0 Å². The summed E-state index contributed by atoms with van der Waals surface area (Å²) >= 11 is 1.23. The molecule has 0 saturated carbocycles. The Morgan fingerprint density at radius 3 is 2.14 bits per heavy atom. The van der Waals surface area contributed by atoms with Crippen molar-refractivity contribution >= 4 is 39.1 Å². The van der Waals surface area contributed by atoms with Crippen LogP contribution in [0.3, 0.4) is 0 Å². The van der Waals surface area contributed by atoms with Crippen LogP contribution in [-0.4, -0.2) is 26.0 Å². The lowest BCUT2D eigenvalue weighted by Gasteiger charge is -2.27. The molecule has 0 bridgehead atoms. The van der Waals surface area contributed by atoms with Crippen molar-refractivity contribution in [3.05, 3.63) is 78.4 Å². The van der Waals surface area contributed by atoms with Crippen molar-refractivity contribution in [3.8, 4) is 0 Å². The Hall–Kier alpha value is -2.81. The summed E-state index contributed by atoms with van der Waals surface area (Å²) in [5.41, 5.74) is 1.14. The third-order valence-electron chi connectivity index (χ3n) is 4.23. The Kier molecular flexibility index (Phi) is 6.26. The minimum Gasteiger partial charge on any atom is -0.478 e. The van der Waals surface area contributed by atoms with Gasteiger partial charge < -0.3 is 10.0 Å². The maximum atomic E-state index is 12.4. The van der Waals surface area contributed by atoms with Crippen LogP contribution >= 0.6 is 11.8 Å². The van der Waals surface area contributed by atoms with Crippen LogP contribution in [0.1, 0.15) is 17.3 Å². The summed E-state index contributed by atoms with van der Waals surface area (Å²) in [6.45, 7) is 2.41. The van der Waals surface area contributed by atoms with E-state index < -0.39 is 16.0 Å². The molecular weight excluding hydrogens is 408 g/mol. The molecule has 0 spiro atoms. The second kappa shape index (κ2) is 8.69. The number of nitrogens with two attached hydrogens (primary N) is 1. The predicted molar refractivity (Wildman–Crippen MR) is 114 cm³/mol. The van der Waals surface area contributed by atoms with Crippen LogP contribution in [0.15, 0.2) is 87.5 Å². The number of para-hydroxylation sites is 1. The zero-order chi connectivity index (χ0) is 21.0. The molecule has 0 saturated heterocycles. The van der Waals surface area contributed by atoms with E-state index in [1.165, 1.54) is 17.8 Å². The maximum absolute atomic E-state index is 12.4. The lowest BCUT2D eigenvalue weighted by atomic mass is 10.1. The number of hydrogen-bond acceptors (Lipinski definition) is 5. The quantitative estimate of drug-likeness (QED) is 0.580. The largest absolute Gasteiger partial charge is 0.478 e. The minimum atomic E-state index is -4.17. The van der Waals surface area contributed by atoms with E-state index in [9.17, 15) is 18.3 Å². The van der Waals surface area contributed by atoms with Gasteiger partial charge in [-0.25, -0.2) is 18.4 Å². The molecule has 8 heteroatoms. The van der Waals surface area contributed by atoms with E-state index in [2.05, 4.69) is 0 Å². The van der Waals surface area contributed by atoms with E-state index in [1.807, 2.05) is 72.5 Å². The maximum Gasteiger partial charge on any atom is 0.335 e. The molecular formula is C21H20N2O4S2. The number of nitrogens with zero attached hydrogens (tertiary/aromatic N) is 1. The number of carbonyl (C=O) groups is 1. The van der Waals surface area contributed by atoms with Crippen LogP contribution in [0.4, 0.5) is 11.4 Å². The first kappa shape index (κ1) is 20.9. The molecule has 0 amide bonds. The topological polar surface area (TPSA) is 101 Å². The molecule has 150 valence electrons. The second-order valence-electron chi connectivity index (χ2n) is 6.17. The first-order valence-corrected chi connectivity index (χ1v) is 11.2. The number of carboxylic acid groups (broad SMARTS) is 1.